The van der Waals surface area contributed by atoms with Gasteiger partial charge in [0.05, 0.1) is 5.56 Å². The number of hydrogen-bond acceptors (Lipinski definition) is 1. The molecule has 1 aliphatic carbocycles. The fourth-order valence-electron chi connectivity index (χ4n) is 2.21. The third kappa shape index (κ3) is 1.48. The summed E-state index contributed by atoms with van der Waals surface area (Å²) in [6, 6.07) is 3.64. The molecule has 0 bridgehead atoms. The van der Waals surface area contributed by atoms with Crippen LogP contribution >= 0.6 is 0 Å². The van der Waals surface area contributed by atoms with Gasteiger partial charge in [-0.3, -0.25) is 4.79 Å². The summed E-state index contributed by atoms with van der Waals surface area (Å²) in [6.45, 7) is 5.73. The number of Topliss-reactive ketones (excluding diaryl/α,β-unsaturated/α-hetero) is 1. The lowest BCUT2D eigenvalue weighted by molar-refractivity contribution is 0.0902. The first kappa shape index (κ1) is 10.3. The lowest BCUT2D eigenvalue weighted by Crippen LogP contribution is -2.16. The second-order valence-corrected chi connectivity index (χ2v) is 4.65. The Kier molecular flexibility index (Phi) is 2.37. The molecule has 0 fully saturated rings. The highest BCUT2D eigenvalue weighted by Crippen LogP contribution is 2.33. The normalized spacial score (nSPS) is 19.8. The van der Waals surface area contributed by atoms with Gasteiger partial charge in [-0.1, -0.05) is 26.0 Å². The number of carbonyl (C=O) groups excluding carboxylic acids is 1. The second kappa shape index (κ2) is 3.44. The zero-order valence-electron chi connectivity index (χ0n) is 9.30. The molecule has 15 heavy (non-hydrogen) atoms. The third-order valence-corrected chi connectivity index (χ3v) is 3.25. The number of halogens is 1. The summed E-state index contributed by atoms with van der Waals surface area (Å²) >= 11 is 0. The molecule has 0 saturated carbocycles. The van der Waals surface area contributed by atoms with E-state index in [1.165, 1.54) is 0 Å². The molecule has 0 aromatic heterocycles. The molecule has 0 radical (unpaired) electrons. The average Bonchev–Trinajstić information content (AvgIpc) is 2.50. The zero-order chi connectivity index (χ0) is 11.2. The lowest BCUT2D eigenvalue weighted by Gasteiger charge is -2.11. The number of ketones is 1. The lowest BCUT2D eigenvalue weighted by atomic mass is 9.92. The molecule has 1 unspecified atom stereocenters. The van der Waals surface area contributed by atoms with Crippen LogP contribution in [0.25, 0.3) is 0 Å². The van der Waals surface area contributed by atoms with Crippen molar-refractivity contribution in [1.82, 2.24) is 0 Å². The quantitative estimate of drug-likeness (QED) is 0.689. The molecule has 2 rings (SSSR count). The average molecular weight is 206 g/mol. The second-order valence-electron chi connectivity index (χ2n) is 4.65. The fourth-order valence-corrected chi connectivity index (χ4v) is 2.21. The molecule has 1 aromatic carbocycles. The van der Waals surface area contributed by atoms with Crippen molar-refractivity contribution in [2.75, 3.05) is 0 Å². The Hall–Kier alpha value is -1.18. The SMILES string of the molecule is Cc1ccc2c(c1F)C(=O)C(C(C)C)C2. The number of rotatable bonds is 1. The van der Waals surface area contributed by atoms with Gasteiger partial charge in [0.25, 0.3) is 0 Å². The van der Waals surface area contributed by atoms with Crippen molar-refractivity contribution < 1.29 is 9.18 Å². The van der Waals surface area contributed by atoms with E-state index in [1.807, 2.05) is 19.9 Å². The molecule has 1 nitrogen and oxygen atoms in total. The highest BCUT2D eigenvalue weighted by molar-refractivity contribution is 6.02. The van der Waals surface area contributed by atoms with E-state index >= 15 is 0 Å². The molecule has 0 N–H and O–H groups in total. The van der Waals surface area contributed by atoms with E-state index in [1.54, 1.807) is 13.0 Å². The Bertz CT molecular complexity index is 421. The zero-order valence-corrected chi connectivity index (χ0v) is 9.30. The predicted octanol–water partition coefficient (Wildman–Crippen LogP) is 3.15. The Labute approximate surface area is 89.3 Å². The van der Waals surface area contributed by atoms with Crippen molar-refractivity contribution >= 4 is 5.78 Å². The molecular weight excluding hydrogens is 191 g/mol. The van der Waals surface area contributed by atoms with Gasteiger partial charge in [0.1, 0.15) is 5.82 Å². The molecular formula is C13H15FO. The minimum Gasteiger partial charge on any atom is -0.294 e. The third-order valence-electron chi connectivity index (χ3n) is 3.25. The summed E-state index contributed by atoms with van der Waals surface area (Å²) in [4.78, 5) is 12.0. The van der Waals surface area contributed by atoms with Crippen molar-refractivity contribution in [2.45, 2.75) is 27.2 Å². The molecule has 80 valence electrons. The highest BCUT2D eigenvalue weighted by atomic mass is 19.1. The number of fused-ring (bicyclic) bond motifs is 1. The summed E-state index contributed by atoms with van der Waals surface area (Å²) in [5.41, 5.74) is 1.78. The minimum absolute atomic E-state index is 0.0128. The van der Waals surface area contributed by atoms with Gasteiger partial charge in [0.15, 0.2) is 5.78 Å². The Morgan fingerprint density at radius 3 is 2.67 bits per heavy atom. The van der Waals surface area contributed by atoms with Crippen LogP contribution in [0.15, 0.2) is 12.1 Å². The Balaban J connectivity index is 2.51. The summed E-state index contributed by atoms with van der Waals surface area (Å²) < 4.78 is 13.8. The van der Waals surface area contributed by atoms with Gasteiger partial charge in [-0.25, -0.2) is 4.39 Å². The highest BCUT2D eigenvalue weighted by Gasteiger charge is 2.35. The number of carbonyl (C=O) groups is 1. The van der Waals surface area contributed by atoms with E-state index in [0.29, 0.717) is 17.5 Å². The topological polar surface area (TPSA) is 17.1 Å². The standard InChI is InChI=1S/C13H15FO/c1-7(2)10-6-9-5-4-8(3)12(14)11(9)13(10)15/h4-5,7,10H,6H2,1-3H3. The number of aryl methyl sites for hydroxylation is 1. The smallest absolute Gasteiger partial charge is 0.169 e. The van der Waals surface area contributed by atoms with E-state index in [9.17, 15) is 9.18 Å². The summed E-state index contributed by atoms with van der Waals surface area (Å²) in [5.74, 6) is -0.0808. The fraction of sp³-hybridized carbons (Fsp3) is 0.462. The molecule has 1 atom stereocenters. The van der Waals surface area contributed by atoms with Crippen LogP contribution in [0.5, 0.6) is 0 Å². The monoisotopic (exact) mass is 206 g/mol. The van der Waals surface area contributed by atoms with Gasteiger partial charge in [-0.2, -0.15) is 0 Å². The van der Waals surface area contributed by atoms with Gasteiger partial charge in [0.2, 0.25) is 0 Å². The minimum atomic E-state index is -0.319. The largest absolute Gasteiger partial charge is 0.294 e. The van der Waals surface area contributed by atoms with E-state index < -0.39 is 0 Å². The molecule has 0 heterocycles. The Morgan fingerprint density at radius 1 is 1.40 bits per heavy atom. The van der Waals surface area contributed by atoms with Crippen LogP contribution in [-0.2, 0) is 6.42 Å². The molecule has 0 spiro atoms. The van der Waals surface area contributed by atoms with Gasteiger partial charge >= 0.3 is 0 Å². The van der Waals surface area contributed by atoms with E-state index in [0.717, 1.165) is 5.56 Å². The molecule has 0 aliphatic heterocycles. The van der Waals surface area contributed by atoms with Crippen LogP contribution in [-0.4, -0.2) is 5.78 Å². The van der Waals surface area contributed by atoms with E-state index in [-0.39, 0.29) is 23.4 Å². The first-order chi connectivity index (χ1) is 7.02. The molecule has 1 aliphatic rings. The summed E-state index contributed by atoms with van der Waals surface area (Å²) in [6.07, 6.45) is 0.697. The van der Waals surface area contributed by atoms with Crippen LogP contribution in [0, 0.1) is 24.6 Å². The summed E-state index contributed by atoms with van der Waals surface area (Å²) in [5, 5.41) is 0. The molecule has 1 aromatic rings. The van der Waals surface area contributed by atoms with Crippen molar-refractivity contribution in [1.29, 1.82) is 0 Å². The van der Waals surface area contributed by atoms with Gasteiger partial charge in [-0.15, -0.1) is 0 Å². The summed E-state index contributed by atoms with van der Waals surface area (Å²) in [7, 11) is 0. The van der Waals surface area contributed by atoms with E-state index in [2.05, 4.69) is 0 Å². The molecule has 2 heteroatoms. The van der Waals surface area contributed by atoms with Crippen molar-refractivity contribution in [3.63, 3.8) is 0 Å². The van der Waals surface area contributed by atoms with Gasteiger partial charge in [0, 0.05) is 5.92 Å². The number of benzene rings is 1. The first-order valence-corrected chi connectivity index (χ1v) is 5.34. The van der Waals surface area contributed by atoms with Crippen LogP contribution in [0.4, 0.5) is 4.39 Å². The van der Waals surface area contributed by atoms with Gasteiger partial charge < -0.3 is 0 Å². The van der Waals surface area contributed by atoms with Crippen molar-refractivity contribution in [2.24, 2.45) is 11.8 Å². The van der Waals surface area contributed by atoms with Gasteiger partial charge in [-0.05, 0) is 30.4 Å². The molecule has 0 amide bonds. The Morgan fingerprint density at radius 2 is 2.07 bits per heavy atom. The maximum atomic E-state index is 13.8. The van der Waals surface area contributed by atoms with E-state index in [4.69, 9.17) is 0 Å². The van der Waals surface area contributed by atoms with Crippen LogP contribution in [0.2, 0.25) is 0 Å². The number of hydrogen-bond donors (Lipinski definition) is 0. The van der Waals surface area contributed by atoms with Crippen LogP contribution in [0.3, 0.4) is 0 Å². The van der Waals surface area contributed by atoms with Crippen LogP contribution < -0.4 is 0 Å². The maximum Gasteiger partial charge on any atom is 0.169 e. The predicted molar refractivity (Wildman–Crippen MR) is 57.5 cm³/mol. The van der Waals surface area contributed by atoms with Crippen molar-refractivity contribution in [3.05, 3.63) is 34.6 Å². The van der Waals surface area contributed by atoms with Crippen molar-refractivity contribution in [3.8, 4) is 0 Å². The maximum absolute atomic E-state index is 13.8. The molecule has 0 saturated heterocycles. The van der Waals surface area contributed by atoms with Crippen LogP contribution in [0.1, 0.15) is 35.3 Å². The first-order valence-electron chi connectivity index (χ1n) is 5.34.